The van der Waals surface area contributed by atoms with Gasteiger partial charge in [-0.3, -0.25) is 0 Å². The Bertz CT molecular complexity index is 1480. The number of benzene rings is 4. The van der Waals surface area contributed by atoms with Gasteiger partial charge in [0.1, 0.15) is 0 Å². The standard InChI is InChI=1S/C25H18N2/c1-27-24-9-5-3-7-20(24)21-13-11-17(15-25(21)27)16-10-12-19-18-6-2-4-8-22(18)26-23(19)14-16/h2-15,26H,1H3. The van der Waals surface area contributed by atoms with E-state index in [1.165, 1.54) is 54.7 Å². The zero-order chi connectivity index (χ0) is 18.0. The lowest BCUT2D eigenvalue weighted by Gasteiger charge is -2.04. The first kappa shape index (κ1) is 14.6. The highest BCUT2D eigenvalue weighted by Gasteiger charge is 2.10. The molecule has 0 fully saturated rings. The smallest absolute Gasteiger partial charge is 0.0494 e. The molecule has 1 N–H and O–H groups in total. The predicted octanol–water partition coefficient (Wildman–Crippen LogP) is 6.63. The number of aromatic nitrogens is 2. The molecule has 0 aliphatic rings. The molecule has 2 heterocycles. The van der Waals surface area contributed by atoms with Gasteiger partial charge in [0.2, 0.25) is 0 Å². The molecular formula is C25H18N2. The van der Waals surface area contributed by atoms with Crippen molar-refractivity contribution in [3.05, 3.63) is 84.9 Å². The van der Waals surface area contributed by atoms with Gasteiger partial charge in [-0.15, -0.1) is 0 Å². The van der Waals surface area contributed by atoms with Crippen LogP contribution in [-0.2, 0) is 7.05 Å². The van der Waals surface area contributed by atoms with Crippen molar-refractivity contribution in [1.29, 1.82) is 0 Å². The van der Waals surface area contributed by atoms with E-state index in [2.05, 4.69) is 102 Å². The third-order valence-electron chi connectivity index (χ3n) is 5.75. The summed E-state index contributed by atoms with van der Waals surface area (Å²) in [4.78, 5) is 3.55. The van der Waals surface area contributed by atoms with Crippen molar-refractivity contribution in [1.82, 2.24) is 9.55 Å². The van der Waals surface area contributed by atoms with Gasteiger partial charge in [-0.2, -0.15) is 0 Å². The summed E-state index contributed by atoms with van der Waals surface area (Å²) in [6, 6.07) is 30.6. The minimum Gasteiger partial charge on any atom is -0.354 e. The van der Waals surface area contributed by atoms with Crippen LogP contribution in [0.3, 0.4) is 0 Å². The Morgan fingerprint density at radius 1 is 0.556 bits per heavy atom. The van der Waals surface area contributed by atoms with Gasteiger partial charge in [-0.25, -0.2) is 0 Å². The van der Waals surface area contributed by atoms with Gasteiger partial charge in [-0.1, -0.05) is 60.7 Å². The van der Waals surface area contributed by atoms with Crippen molar-refractivity contribution >= 4 is 43.6 Å². The molecule has 6 aromatic rings. The quantitative estimate of drug-likeness (QED) is 0.345. The Morgan fingerprint density at radius 2 is 1.19 bits per heavy atom. The summed E-state index contributed by atoms with van der Waals surface area (Å²) in [6.07, 6.45) is 0. The molecule has 0 amide bonds. The molecule has 6 rings (SSSR count). The number of rotatable bonds is 1. The van der Waals surface area contributed by atoms with Gasteiger partial charge in [0.25, 0.3) is 0 Å². The van der Waals surface area contributed by atoms with Crippen LogP contribution in [0.1, 0.15) is 0 Å². The fraction of sp³-hybridized carbons (Fsp3) is 0.0400. The first-order valence-corrected chi connectivity index (χ1v) is 9.28. The van der Waals surface area contributed by atoms with E-state index < -0.39 is 0 Å². The number of aryl methyl sites for hydroxylation is 1. The first-order valence-electron chi connectivity index (χ1n) is 9.28. The van der Waals surface area contributed by atoms with E-state index in [4.69, 9.17) is 0 Å². The first-order chi connectivity index (χ1) is 13.3. The van der Waals surface area contributed by atoms with Gasteiger partial charge in [0.15, 0.2) is 0 Å². The summed E-state index contributed by atoms with van der Waals surface area (Å²) in [7, 11) is 2.15. The molecule has 0 aliphatic heterocycles. The van der Waals surface area contributed by atoms with Crippen LogP contribution in [-0.4, -0.2) is 9.55 Å². The van der Waals surface area contributed by atoms with E-state index >= 15 is 0 Å². The Kier molecular flexibility index (Phi) is 2.84. The molecule has 0 unspecified atom stereocenters. The highest BCUT2D eigenvalue weighted by Crippen LogP contribution is 2.33. The van der Waals surface area contributed by atoms with Crippen LogP contribution in [0, 0.1) is 0 Å². The summed E-state index contributed by atoms with van der Waals surface area (Å²) < 4.78 is 2.29. The molecular weight excluding hydrogens is 328 g/mol. The number of hydrogen-bond acceptors (Lipinski definition) is 0. The number of aromatic amines is 1. The largest absolute Gasteiger partial charge is 0.354 e. The maximum atomic E-state index is 3.55. The molecule has 128 valence electrons. The maximum absolute atomic E-state index is 3.55. The van der Waals surface area contributed by atoms with E-state index in [9.17, 15) is 0 Å². The third-order valence-corrected chi connectivity index (χ3v) is 5.75. The average Bonchev–Trinajstić information content (AvgIpc) is 3.23. The molecule has 0 bridgehead atoms. The number of fused-ring (bicyclic) bond motifs is 6. The van der Waals surface area contributed by atoms with Gasteiger partial charge in [-0.05, 0) is 35.4 Å². The second-order valence-electron chi connectivity index (χ2n) is 7.24. The van der Waals surface area contributed by atoms with Gasteiger partial charge in [0, 0.05) is 50.7 Å². The van der Waals surface area contributed by atoms with Crippen molar-refractivity contribution in [2.45, 2.75) is 0 Å². The van der Waals surface area contributed by atoms with Gasteiger partial charge in [0.05, 0.1) is 0 Å². The van der Waals surface area contributed by atoms with Crippen LogP contribution >= 0.6 is 0 Å². The van der Waals surface area contributed by atoms with Crippen LogP contribution in [0.4, 0.5) is 0 Å². The number of nitrogens with zero attached hydrogens (tertiary/aromatic N) is 1. The Balaban J connectivity index is 1.59. The minimum atomic E-state index is 1.19. The van der Waals surface area contributed by atoms with Gasteiger partial charge < -0.3 is 9.55 Å². The monoisotopic (exact) mass is 346 g/mol. The molecule has 0 aliphatic carbocycles. The van der Waals surface area contributed by atoms with E-state index in [0.717, 1.165) is 0 Å². The number of H-pyrrole nitrogens is 1. The van der Waals surface area contributed by atoms with E-state index in [-0.39, 0.29) is 0 Å². The van der Waals surface area contributed by atoms with Crippen molar-refractivity contribution in [2.24, 2.45) is 7.05 Å². The molecule has 2 aromatic heterocycles. The third kappa shape index (κ3) is 2.01. The summed E-state index contributed by atoms with van der Waals surface area (Å²) >= 11 is 0. The minimum absolute atomic E-state index is 1.19. The normalized spacial score (nSPS) is 11.9. The summed E-state index contributed by atoms with van der Waals surface area (Å²) in [5.74, 6) is 0. The van der Waals surface area contributed by atoms with E-state index in [1.807, 2.05) is 0 Å². The van der Waals surface area contributed by atoms with Crippen molar-refractivity contribution in [3.8, 4) is 11.1 Å². The SMILES string of the molecule is Cn1c2ccccc2c2ccc(-c3ccc4c(c3)[nH]c3ccccc34)cc21. The fourth-order valence-corrected chi connectivity index (χ4v) is 4.37. The van der Waals surface area contributed by atoms with Crippen LogP contribution < -0.4 is 0 Å². The molecule has 0 spiro atoms. The number of hydrogen-bond donors (Lipinski definition) is 1. The Labute approximate surface area is 156 Å². The molecule has 0 atom stereocenters. The topological polar surface area (TPSA) is 20.7 Å². The second kappa shape index (κ2) is 5.24. The molecule has 0 saturated carbocycles. The Hall–Kier alpha value is -3.52. The lowest BCUT2D eigenvalue weighted by atomic mass is 10.0. The van der Waals surface area contributed by atoms with Crippen molar-refractivity contribution in [3.63, 3.8) is 0 Å². The summed E-state index contributed by atoms with van der Waals surface area (Å²) in [5, 5.41) is 5.18. The molecule has 27 heavy (non-hydrogen) atoms. The van der Waals surface area contributed by atoms with E-state index in [1.54, 1.807) is 0 Å². The average molecular weight is 346 g/mol. The number of nitrogens with one attached hydrogen (secondary N) is 1. The highest BCUT2D eigenvalue weighted by atomic mass is 14.9. The fourth-order valence-electron chi connectivity index (χ4n) is 4.37. The van der Waals surface area contributed by atoms with E-state index in [0.29, 0.717) is 0 Å². The molecule has 4 aromatic carbocycles. The van der Waals surface area contributed by atoms with Crippen LogP contribution in [0.15, 0.2) is 84.9 Å². The molecule has 2 nitrogen and oxygen atoms in total. The number of para-hydroxylation sites is 2. The predicted molar refractivity (Wildman–Crippen MR) is 115 cm³/mol. The lowest BCUT2D eigenvalue weighted by Crippen LogP contribution is -1.87. The Morgan fingerprint density at radius 3 is 2.07 bits per heavy atom. The molecule has 0 radical (unpaired) electrons. The summed E-state index contributed by atoms with van der Waals surface area (Å²) in [5.41, 5.74) is 7.40. The van der Waals surface area contributed by atoms with Crippen molar-refractivity contribution in [2.75, 3.05) is 0 Å². The second-order valence-corrected chi connectivity index (χ2v) is 7.24. The van der Waals surface area contributed by atoms with Crippen LogP contribution in [0.25, 0.3) is 54.7 Å². The zero-order valence-corrected chi connectivity index (χ0v) is 15.0. The molecule has 2 heteroatoms. The van der Waals surface area contributed by atoms with Crippen LogP contribution in [0.5, 0.6) is 0 Å². The zero-order valence-electron chi connectivity index (χ0n) is 15.0. The lowest BCUT2D eigenvalue weighted by molar-refractivity contribution is 1.01. The van der Waals surface area contributed by atoms with Crippen LogP contribution in [0.2, 0.25) is 0 Å². The summed E-state index contributed by atoms with van der Waals surface area (Å²) in [6.45, 7) is 0. The maximum Gasteiger partial charge on any atom is 0.0494 e. The highest BCUT2D eigenvalue weighted by molar-refractivity contribution is 6.10. The van der Waals surface area contributed by atoms with Gasteiger partial charge >= 0.3 is 0 Å². The van der Waals surface area contributed by atoms with Crippen molar-refractivity contribution < 1.29 is 0 Å². The molecule has 0 saturated heterocycles.